The van der Waals surface area contributed by atoms with E-state index in [9.17, 15) is 4.79 Å². The van der Waals surface area contributed by atoms with Crippen LogP contribution in [0.15, 0.2) is 0 Å². The summed E-state index contributed by atoms with van der Waals surface area (Å²) in [4.78, 5) is 11.9. The van der Waals surface area contributed by atoms with Crippen LogP contribution in [0.2, 0.25) is 0 Å². The van der Waals surface area contributed by atoms with Crippen molar-refractivity contribution in [1.82, 2.24) is 10.6 Å². The van der Waals surface area contributed by atoms with Gasteiger partial charge in [0.05, 0.1) is 12.7 Å². The van der Waals surface area contributed by atoms with Crippen molar-refractivity contribution >= 4 is 5.78 Å². The highest BCUT2D eigenvalue weighted by Gasteiger charge is 2.06. The normalized spacial score (nSPS) is 13.7. The Labute approximate surface area is 161 Å². The second-order valence-corrected chi connectivity index (χ2v) is 7.36. The van der Waals surface area contributed by atoms with Crippen molar-refractivity contribution in [2.24, 2.45) is 11.5 Å². The third kappa shape index (κ3) is 19.8. The molecule has 0 aromatic heterocycles. The summed E-state index contributed by atoms with van der Waals surface area (Å²) in [6.45, 7) is 9.30. The van der Waals surface area contributed by atoms with Crippen molar-refractivity contribution in [2.45, 2.75) is 83.8 Å². The van der Waals surface area contributed by atoms with Crippen molar-refractivity contribution in [3.63, 3.8) is 0 Å². The van der Waals surface area contributed by atoms with E-state index in [2.05, 4.69) is 17.6 Å². The molecule has 0 saturated heterocycles. The highest BCUT2D eigenvalue weighted by Crippen LogP contribution is 2.08. The van der Waals surface area contributed by atoms with Crippen LogP contribution < -0.4 is 22.1 Å². The van der Waals surface area contributed by atoms with Crippen molar-refractivity contribution in [2.75, 3.05) is 39.3 Å². The minimum absolute atomic E-state index is 0.0889. The summed E-state index contributed by atoms with van der Waals surface area (Å²) in [6, 6.07) is 0.0889. The fraction of sp³-hybridized carbons (Fsp3) is 0.950. The quantitative estimate of drug-likeness (QED) is 0.244. The summed E-state index contributed by atoms with van der Waals surface area (Å²) in [5, 5.41) is 6.73. The number of hydrogen-bond donors (Lipinski definition) is 4. The van der Waals surface area contributed by atoms with E-state index in [1.54, 1.807) is 0 Å². The Morgan fingerprint density at radius 2 is 1.50 bits per heavy atom. The molecule has 6 N–H and O–H groups in total. The fourth-order valence-corrected chi connectivity index (χ4v) is 2.72. The minimum atomic E-state index is 0.0889. The second-order valence-electron chi connectivity index (χ2n) is 7.36. The predicted octanol–water partition coefficient (Wildman–Crippen LogP) is 1.96. The fourth-order valence-electron chi connectivity index (χ4n) is 2.72. The monoisotopic (exact) mass is 372 g/mol. The number of nitrogens with two attached hydrogens (primary N) is 2. The summed E-state index contributed by atoms with van der Waals surface area (Å²) in [7, 11) is 0. The average Bonchev–Trinajstić information content (AvgIpc) is 2.61. The summed E-state index contributed by atoms with van der Waals surface area (Å²) in [5.74, 6) is 0.391. The molecule has 0 bridgehead atoms. The highest BCUT2D eigenvalue weighted by molar-refractivity contribution is 5.78. The van der Waals surface area contributed by atoms with Crippen LogP contribution in [0.1, 0.15) is 71.6 Å². The topological polar surface area (TPSA) is 102 Å². The Kier molecular flexibility index (Phi) is 18.8. The van der Waals surface area contributed by atoms with Crippen molar-refractivity contribution in [1.29, 1.82) is 0 Å². The number of rotatable bonds is 20. The van der Waals surface area contributed by atoms with E-state index in [-0.39, 0.29) is 12.1 Å². The highest BCUT2D eigenvalue weighted by atomic mass is 16.5. The number of carbonyl (C=O) groups excluding carboxylic acids is 1. The standard InChI is InChI=1S/C20H44N4O2/c1-18(22)17-26-19(2)9-4-5-10-20(25)11-8-15-23-13-6-3-7-14-24-16-12-21/h18-19,23-24H,3-17,21-22H2,1-2H3. The van der Waals surface area contributed by atoms with Crippen molar-refractivity contribution in [3.05, 3.63) is 0 Å². The first kappa shape index (κ1) is 25.5. The number of Topliss-reactive ketones (excluding diaryl/α,β-unsaturated/α-hetero) is 1. The van der Waals surface area contributed by atoms with Crippen LogP contribution in [0, 0.1) is 0 Å². The van der Waals surface area contributed by atoms with Crippen molar-refractivity contribution in [3.8, 4) is 0 Å². The van der Waals surface area contributed by atoms with Gasteiger partial charge in [-0.05, 0) is 65.6 Å². The largest absolute Gasteiger partial charge is 0.377 e. The molecule has 2 atom stereocenters. The molecule has 26 heavy (non-hydrogen) atoms. The maximum atomic E-state index is 11.9. The number of ketones is 1. The van der Waals surface area contributed by atoms with Crippen LogP contribution >= 0.6 is 0 Å². The van der Waals surface area contributed by atoms with Crippen LogP contribution in [0.25, 0.3) is 0 Å². The molecular formula is C20H44N4O2. The Bertz CT molecular complexity index is 314. The van der Waals surface area contributed by atoms with Gasteiger partial charge in [0.15, 0.2) is 0 Å². The zero-order valence-corrected chi connectivity index (χ0v) is 17.2. The van der Waals surface area contributed by atoms with Crippen LogP contribution in [0.3, 0.4) is 0 Å². The minimum Gasteiger partial charge on any atom is -0.377 e. The molecule has 0 aromatic rings. The molecule has 2 unspecified atom stereocenters. The Balaban J connectivity index is 3.27. The van der Waals surface area contributed by atoms with E-state index in [0.29, 0.717) is 31.8 Å². The molecule has 0 aliphatic rings. The van der Waals surface area contributed by atoms with Gasteiger partial charge in [0.1, 0.15) is 5.78 Å². The molecule has 6 nitrogen and oxygen atoms in total. The number of hydrogen-bond acceptors (Lipinski definition) is 6. The van der Waals surface area contributed by atoms with Gasteiger partial charge in [-0.25, -0.2) is 0 Å². The number of carbonyl (C=O) groups is 1. The molecule has 0 aromatic carbocycles. The van der Waals surface area contributed by atoms with E-state index in [1.165, 1.54) is 19.3 Å². The maximum absolute atomic E-state index is 11.9. The van der Waals surface area contributed by atoms with E-state index in [4.69, 9.17) is 16.2 Å². The number of ether oxygens (including phenoxy) is 1. The Hall–Kier alpha value is -0.530. The smallest absolute Gasteiger partial charge is 0.132 e. The first-order valence-electron chi connectivity index (χ1n) is 10.6. The van der Waals surface area contributed by atoms with Gasteiger partial charge in [-0.2, -0.15) is 0 Å². The van der Waals surface area contributed by atoms with E-state index >= 15 is 0 Å². The lowest BCUT2D eigenvalue weighted by Gasteiger charge is -2.14. The third-order valence-electron chi connectivity index (χ3n) is 4.30. The van der Waals surface area contributed by atoms with Gasteiger partial charge in [-0.15, -0.1) is 0 Å². The molecule has 0 radical (unpaired) electrons. The van der Waals surface area contributed by atoms with E-state index in [1.807, 2.05) is 6.92 Å². The Morgan fingerprint density at radius 3 is 2.15 bits per heavy atom. The second kappa shape index (κ2) is 19.2. The lowest BCUT2D eigenvalue weighted by atomic mass is 10.1. The number of nitrogens with one attached hydrogen (secondary N) is 2. The maximum Gasteiger partial charge on any atom is 0.132 e. The molecule has 0 aliphatic carbocycles. The zero-order chi connectivity index (χ0) is 19.5. The summed E-state index contributed by atoms with van der Waals surface area (Å²) in [6.07, 6.45) is 9.24. The first-order valence-corrected chi connectivity index (χ1v) is 10.6. The van der Waals surface area contributed by atoms with Crippen LogP contribution in [-0.4, -0.2) is 57.3 Å². The average molecular weight is 373 g/mol. The zero-order valence-electron chi connectivity index (χ0n) is 17.2. The van der Waals surface area contributed by atoms with Crippen LogP contribution in [0.4, 0.5) is 0 Å². The van der Waals surface area contributed by atoms with Gasteiger partial charge in [-0.3, -0.25) is 4.79 Å². The molecule has 0 amide bonds. The molecule has 0 spiro atoms. The molecule has 156 valence electrons. The predicted molar refractivity (Wildman–Crippen MR) is 110 cm³/mol. The van der Waals surface area contributed by atoms with Gasteiger partial charge in [0.2, 0.25) is 0 Å². The van der Waals surface area contributed by atoms with Crippen LogP contribution in [-0.2, 0) is 9.53 Å². The molecule has 0 heterocycles. The first-order chi connectivity index (χ1) is 12.6. The van der Waals surface area contributed by atoms with Gasteiger partial charge in [0.25, 0.3) is 0 Å². The van der Waals surface area contributed by atoms with Gasteiger partial charge in [0, 0.05) is 32.0 Å². The lowest BCUT2D eigenvalue weighted by molar-refractivity contribution is -0.119. The summed E-state index contributed by atoms with van der Waals surface area (Å²) >= 11 is 0. The molecular weight excluding hydrogens is 328 g/mol. The third-order valence-corrected chi connectivity index (χ3v) is 4.30. The Morgan fingerprint density at radius 1 is 0.885 bits per heavy atom. The molecule has 0 aliphatic heterocycles. The van der Waals surface area contributed by atoms with E-state index < -0.39 is 0 Å². The van der Waals surface area contributed by atoms with Gasteiger partial charge in [-0.1, -0.05) is 12.8 Å². The molecule has 0 fully saturated rings. The van der Waals surface area contributed by atoms with E-state index in [0.717, 1.165) is 51.9 Å². The van der Waals surface area contributed by atoms with Gasteiger partial charge < -0.3 is 26.8 Å². The number of unbranched alkanes of at least 4 members (excludes halogenated alkanes) is 3. The summed E-state index contributed by atoms with van der Waals surface area (Å²) < 4.78 is 5.63. The lowest BCUT2D eigenvalue weighted by Crippen LogP contribution is -2.24. The van der Waals surface area contributed by atoms with Crippen LogP contribution in [0.5, 0.6) is 0 Å². The van der Waals surface area contributed by atoms with Crippen molar-refractivity contribution < 1.29 is 9.53 Å². The summed E-state index contributed by atoms with van der Waals surface area (Å²) in [5.41, 5.74) is 11.1. The van der Waals surface area contributed by atoms with Gasteiger partial charge >= 0.3 is 0 Å². The molecule has 0 rings (SSSR count). The molecule has 0 saturated carbocycles. The molecule has 6 heteroatoms. The SMILES string of the molecule is CC(N)COC(C)CCCCC(=O)CCCNCCCCCNCCN.